The standard InChI is InChI=1S/C8H16N2S/c9-11-8-5-10(6-8)7-3-1-2-4-7/h7-8H,1-6,9H2. The summed E-state index contributed by atoms with van der Waals surface area (Å²) in [5, 5.41) is 6.22. The molecule has 0 spiro atoms. The summed E-state index contributed by atoms with van der Waals surface area (Å²) in [5.74, 6) is 0. The Kier molecular flexibility index (Phi) is 2.39. The van der Waals surface area contributed by atoms with Crippen LogP contribution < -0.4 is 5.14 Å². The molecule has 1 aliphatic carbocycles. The molecule has 0 aromatic heterocycles. The van der Waals surface area contributed by atoms with E-state index in [1.807, 2.05) is 0 Å². The van der Waals surface area contributed by atoms with Crippen LogP contribution in [0.3, 0.4) is 0 Å². The molecule has 64 valence electrons. The lowest BCUT2D eigenvalue weighted by Gasteiger charge is -2.42. The van der Waals surface area contributed by atoms with E-state index in [0.29, 0.717) is 0 Å². The van der Waals surface area contributed by atoms with Crippen molar-refractivity contribution >= 4 is 11.9 Å². The van der Waals surface area contributed by atoms with Gasteiger partial charge in [-0.05, 0) is 12.8 Å². The molecule has 2 N–H and O–H groups in total. The molecule has 2 fully saturated rings. The topological polar surface area (TPSA) is 29.3 Å². The Labute approximate surface area is 72.6 Å². The molecular weight excluding hydrogens is 156 g/mol. The van der Waals surface area contributed by atoms with Crippen LogP contribution >= 0.6 is 11.9 Å². The van der Waals surface area contributed by atoms with Gasteiger partial charge in [0.05, 0.1) is 0 Å². The van der Waals surface area contributed by atoms with Crippen molar-refractivity contribution in [3.05, 3.63) is 0 Å². The van der Waals surface area contributed by atoms with Crippen LogP contribution in [-0.4, -0.2) is 29.3 Å². The van der Waals surface area contributed by atoms with Gasteiger partial charge in [-0.15, -0.1) is 0 Å². The Morgan fingerprint density at radius 3 is 2.36 bits per heavy atom. The lowest BCUT2D eigenvalue weighted by Crippen LogP contribution is -2.53. The lowest BCUT2D eigenvalue weighted by molar-refractivity contribution is 0.128. The first kappa shape index (κ1) is 7.90. The maximum absolute atomic E-state index is 5.48. The van der Waals surface area contributed by atoms with Crippen molar-refractivity contribution in [1.29, 1.82) is 0 Å². The van der Waals surface area contributed by atoms with E-state index in [0.717, 1.165) is 11.3 Å². The molecule has 11 heavy (non-hydrogen) atoms. The summed E-state index contributed by atoms with van der Waals surface area (Å²) in [6.07, 6.45) is 5.76. The predicted molar refractivity (Wildman–Crippen MR) is 49.4 cm³/mol. The molecule has 0 radical (unpaired) electrons. The molecule has 1 saturated carbocycles. The third-order valence-electron chi connectivity index (χ3n) is 2.91. The molecule has 2 rings (SSSR count). The van der Waals surface area contributed by atoms with Crippen molar-refractivity contribution < 1.29 is 0 Å². The zero-order chi connectivity index (χ0) is 7.68. The van der Waals surface area contributed by atoms with Gasteiger partial charge in [0.1, 0.15) is 0 Å². The van der Waals surface area contributed by atoms with Crippen molar-refractivity contribution in [3.8, 4) is 0 Å². The van der Waals surface area contributed by atoms with Crippen LogP contribution in [0, 0.1) is 0 Å². The van der Waals surface area contributed by atoms with Crippen LogP contribution in [0.25, 0.3) is 0 Å². The fraction of sp³-hybridized carbons (Fsp3) is 1.00. The molecule has 0 unspecified atom stereocenters. The fourth-order valence-corrected chi connectivity index (χ4v) is 2.68. The Hall–Kier alpha value is 0.270. The first-order chi connectivity index (χ1) is 5.40. The van der Waals surface area contributed by atoms with Crippen LogP contribution in [0.5, 0.6) is 0 Å². The first-order valence-corrected chi connectivity index (χ1v) is 5.44. The van der Waals surface area contributed by atoms with Gasteiger partial charge in [-0.25, -0.2) is 0 Å². The largest absolute Gasteiger partial charge is 0.298 e. The minimum atomic E-state index is 0.732. The van der Waals surface area contributed by atoms with Crippen LogP contribution in [0.1, 0.15) is 25.7 Å². The van der Waals surface area contributed by atoms with Gasteiger partial charge >= 0.3 is 0 Å². The van der Waals surface area contributed by atoms with E-state index in [1.54, 1.807) is 0 Å². The van der Waals surface area contributed by atoms with E-state index in [4.69, 9.17) is 5.14 Å². The van der Waals surface area contributed by atoms with Gasteiger partial charge in [0.25, 0.3) is 0 Å². The van der Waals surface area contributed by atoms with Gasteiger partial charge in [-0.3, -0.25) is 10.0 Å². The van der Waals surface area contributed by atoms with Crippen molar-refractivity contribution in [1.82, 2.24) is 4.90 Å². The van der Waals surface area contributed by atoms with Gasteiger partial charge in [0.15, 0.2) is 0 Å². The number of nitrogens with two attached hydrogens (primary N) is 1. The molecular formula is C8H16N2S. The summed E-state index contributed by atoms with van der Waals surface area (Å²) >= 11 is 1.53. The Morgan fingerprint density at radius 1 is 1.18 bits per heavy atom. The quantitative estimate of drug-likeness (QED) is 0.635. The van der Waals surface area contributed by atoms with Gasteiger partial charge in [-0.2, -0.15) is 0 Å². The molecule has 1 heterocycles. The second-order valence-corrected chi connectivity index (χ2v) is 4.59. The minimum Gasteiger partial charge on any atom is -0.298 e. The molecule has 0 aromatic rings. The highest BCUT2D eigenvalue weighted by molar-refractivity contribution is 7.97. The van der Waals surface area contributed by atoms with Crippen molar-refractivity contribution in [3.63, 3.8) is 0 Å². The van der Waals surface area contributed by atoms with E-state index >= 15 is 0 Å². The number of hydrogen-bond donors (Lipinski definition) is 1. The highest BCUT2D eigenvalue weighted by Gasteiger charge is 2.33. The highest BCUT2D eigenvalue weighted by Crippen LogP contribution is 2.29. The van der Waals surface area contributed by atoms with E-state index in [2.05, 4.69) is 4.90 Å². The van der Waals surface area contributed by atoms with E-state index in [1.165, 1.54) is 50.7 Å². The second-order valence-electron chi connectivity index (χ2n) is 3.65. The van der Waals surface area contributed by atoms with E-state index < -0.39 is 0 Å². The van der Waals surface area contributed by atoms with E-state index in [9.17, 15) is 0 Å². The molecule has 0 amide bonds. The monoisotopic (exact) mass is 172 g/mol. The summed E-state index contributed by atoms with van der Waals surface area (Å²) in [5.41, 5.74) is 0. The zero-order valence-electron chi connectivity index (χ0n) is 6.83. The number of likely N-dealkylation sites (tertiary alicyclic amines) is 1. The predicted octanol–water partition coefficient (Wildman–Crippen LogP) is 1.22. The van der Waals surface area contributed by atoms with Crippen molar-refractivity contribution in [2.45, 2.75) is 37.0 Å². The number of rotatable bonds is 2. The van der Waals surface area contributed by atoms with Gasteiger partial charge in [-0.1, -0.05) is 24.8 Å². The molecule has 0 aromatic carbocycles. The second kappa shape index (κ2) is 3.33. The smallest absolute Gasteiger partial charge is 0.0445 e. The van der Waals surface area contributed by atoms with Crippen LogP contribution in [-0.2, 0) is 0 Å². The molecule has 2 nitrogen and oxygen atoms in total. The van der Waals surface area contributed by atoms with Gasteiger partial charge in [0, 0.05) is 24.4 Å². The number of hydrogen-bond acceptors (Lipinski definition) is 3. The van der Waals surface area contributed by atoms with Gasteiger partial charge in [0.2, 0.25) is 0 Å². The van der Waals surface area contributed by atoms with Crippen LogP contribution in [0.2, 0.25) is 0 Å². The molecule has 0 bridgehead atoms. The van der Waals surface area contributed by atoms with Gasteiger partial charge < -0.3 is 0 Å². The Morgan fingerprint density at radius 2 is 1.82 bits per heavy atom. The maximum Gasteiger partial charge on any atom is 0.0445 e. The summed E-state index contributed by atoms with van der Waals surface area (Å²) in [4.78, 5) is 2.59. The summed E-state index contributed by atoms with van der Waals surface area (Å²) in [6.45, 7) is 2.48. The molecule has 1 saturated heterocycles. The molecule has 0 atom stereocenters. The van der Waals surface area contributed by atoms with Crippen LogP contribution in [0.15, 0.2) is 0 Å². The average molecular weight is 172 g/mol. The third kappa shape index (κ3) is 1.55. The Balaban J connectivity index is 1.73. The summed E-state index contributed by atoms with van der Waals surface area (Å²) < 4.78 is 0. The highest BCUT2D eigenvalue weighted by atomic mass is 32.2. The van der Waals surface area contributed by atoms with Crippen molar-refractivity contribution in [2.75, 3.05) is 13.1 Å². The lowest BCUT2D eigenvalue weighted by atomic mass is 10.1. The molecule has 1 aliphatic heterocycles. The average Bonchev–Trinajstić information content (AvgIpc) is 2.37. The number of nitrogens with zero attached hydrogens (tertiary/aromatic N) is 1. The minimum absolute atomic E-state index is 0.732. The maximum atomic E-state index is 5.48. The normalized spacial score (nSPS) is 29.2. The third-order valence-corrected chi connectivity index (χ3v) is 3.59. The first-order valence-electron chi connectivity index (χ1n) is 4.50. The Bertz CT molecular complexity index is 128. The SMILES string of the molecule is NSC1CN(C2CCCC2)C1. The zero-order valence-corrected chi connectivity index (χ0v) is 7.65. The summed E-state index contributed by atoms with van der Waals surface area (Å²) in [7, 11) is 0. The van der Waals surface area contributed by atoms with E-state index in [-0.39, 0.29) is 0 Å². The fourth-order valence-electron chi connectivity index (χ4n) is 2.12. The molecule has 3 heteroatoms. The summed E-state index contributed by atoms with van der Waals surface area (Å²) in [6, 6.07) is 0.915. The van der Waals surface area contributed by atoms with Crippen LogP contribution in [0.4, 0.5) is 0 Å². The molecule has 2 aliphatic rings. The van der Waals surface area contributed by atoms with Crippen molar-refractivity contribution in [2.24, 2.45) is 5.14 Å².